The number of ether oxygens (including phenoxy) is 1. The maximum atomic E-state index is 12.7. The molecule has 0 aromatic rings. The molecule has 5 nitrogen and oxygen atoms in total. The van der Waals surface area contributed by atoms with E-state index in [9.17, 15) is 9.59 Å². The average molecular weight is 310 g/mol. The Morgan fingerprint density at radius 2 is 1.86 bits per heavy atom. The Kier molecular flexibility index (Phi) is 5.84. The van der Waals surface area contributed by atoms with Crippen LogP contribution in [0, 0.1) is 5.92 Å². The molecule has 126 valence electrons. The number of hydrogen-bond acceptors (Lipinski definition) is 3. The highest BCUT2D eigenvalue weighted by Gasteiger charge is 2.43. The second kappa shape index (κ2) is 7.44. The maximum absolute atomic E-state index is 12.7. The van der Waals surface area contributed by atoms with Gasteiger partial charge in [0.15, 0.2) is 0 Å². The van der Waals surface area contributed by atoms with Gasteiger partial charge in [-0.25, -0.2) is 0 Å². The fraction of sp³-hybridized carbons (Fsp3) is 0.882. The fourth-order valence-electron chi connectivity index (χ4n) is 3.89. The van der Waals surface area contributed by atoms with Gasteiger partial charge >= 0.3 is 0 Å². The van der Waals surface area contributed by atoms with Crippen LogP contribution in [0.4, 0.5) is 0 Å². The SMILES string of the molecule is CCOC1(C(=O)N[C@@H]2CCC[C@@H](C(=O)N(C)C)C2)CCCC1. The lowest BCUT2D eigenvalue weighted by atomic mass is 9.84. The molecule has 0 bridgehead atoms. The lowest BCUT2D eigenvalue weighted by molar-refractivity contribution is -0.147. The summed E-state index contributed by atoms with van der Waals surface area (Å²) in [7, 11) is 3.60. The molecule has 22 heavy (non-hydrogen) atoms. The van der Waals surface area contributed by atoms with Gasteiger partial charge in [-0.1, -0.05) is 6.42 Å². The number of rotatable bonds is 5. The summed E-state index contributed by atoms with van der Waals surface area (Å²) < 4.78 is 5.82. The predicted molar refractivity (Wildman–Crippen MR) is 85.4 cm³/mol. The van der Waals surface area contributed by atoms with E-state index in [2.05, 4.69) is 5.32 Å². The molecule has 0 aliphatic heterocycles. The molecule has 2 aliphatic carbocycles. The summed E-state index contributed by atoms with van der Waals surface area (Å²) in [5, 5.41) is 3.18. The van der Waals surface area contributed by atoms with Crippen LogP contribution in [-0.2, 0) is 14.3 Å². The number of amides is 2. The van der Waals surface area contributed by atoms with Crippen molar-refractivity contribution in [3.05, 3.63) is 0 Å². The number of carbonyl (C=O) groups is 2. The lowest BCUT2D eigenvalue weighted by Crippen LogP contribution is -2.52. The van der Waals surface area contributed by atoms with E-state index in [1.54, 1.807) is 19.0 Å². The van der Waals surface area contributed by atoms with E-state index in [0.29, 0.717) is 6.61 Å². The standard InChI is InChI=1S/C17H30N2O3/c1-4-22-17(10-5-6-11-17)16(21)18-14-9-7-8-13(12-14)15(20)19(2)3/h13-14H,4-12H2,1-3H3,(H,18,21)/t13-,14-/m1/s1. The topological polar surface area (TPSA) is 58.6 Å². The van der Waals surface area contributed by atoms with E-state index in [0.717, 1.165) is 51.4 Å². The minimum absolute atomic E-state index is 0.0369. The molecule has 0 spiro atoms. The summed E-state index contributed by atoms with van der Waals surface area (Å²) in [6.45, 7) is 2.51. The van der Waals surface area contributed by atoms with E-state index in [4.69, 9.17) is 4.74 Å². The first-order chi connectivity index (χ1) is 10.5. The quantitative estimate of drug-likeness (QED) is 0.846. The van der Waals surface area contributed by atoms with Crippen molar-refractivity contribution in [1.82, 2.24) is 10.2 Å². The van der Waals surface area contributed by atoms with Gasteiger partial charge in [-0.3, -0.25) is 9.59 Å². The van der Waals surface area contributed by atoms with Crippen molar-refractivity contribution in [3.63, 3.8) is 0 Å². The molecule has 0 saturated heterocycles. The molecule has 0 unspecified atom stereocenters. The van der Waals surface area contributed by atoms with Crippen LogP contribution in [0.5, 0.6) is 0 Å². The zero-order valence-corrected chi connectivity index (χ0v) is 14.2. The highest BCUT2D eigenvalue weighted by molar-refractivity contribution is 5.86. The van der Waals surface area contributed by atoms with Crippen LogP contribution >= 0.6 is 0 Å². The van der Waals surface area contributed by atoms with E-state index in [1.807, 2.05) is 6.92 Å². The van der Waals surface area contributed by atoms with Crippen LogP contribution < -0.4 is 5.32 Å². The molecule has 2 aliphatic rings. The van der Waals surface area contributed by atoms with Crippen molar-refractivity contribution in [2.75, 3.05) is 20.7 Å². The van der Waals surface area contributed by atoms with Crippen molar-refractivity contribution in [3.8, 4) is 0 Å². The van der Waals surface area contributed by atoms with Gasteiger partial charge in [-0.2, -0.15) is 0 Å². The van der Waals surface area contributed by atoms with Crippen molar-refractivity contribution >= 4 is 11.8 Å². The Balaban J connectivity index is 1.94. The summed E-state index contributed by atoms with van der Waals surface area (Å²) in [5.74, 6) is 0.259. The summed E-state index contributed by atoms with van der Waals surface area (Å²) in [6, 6.07) is 0.105. The first-order valence-electron chi connectivity index (χ1n) is 8.64. The normalized spacial score (nSPS) is 27.4. The van der Waals surface area contributed by atoms with Gasteiger partial charge in [0.25, 0.3) is 5.91 Å². The van der Waals surface area contributed by atoms with Crippen LogP contribution in [0.25, 0.3) is 0 Å². The Labute approximate surface area is 133 Å². The number of hydrogen-bond donors (Lipinski definition) is 1. The van der Waals surface area contributed by atoms with Crippen molar-refractivity contribution in [1.29, 1.82) is 0 Å². The first-order valence-corrected chi connectivity index (χ1v) is 8.64. The molecule has 0 heterocycles. The summed E-state index contributed by atoms with van der Waals surface area (Å²) >= 11 is 0. The molecule has 5 heteroatoms. The summed E-state index contributed by atoms with van der Waals surface area (Å²) in [4.78, 5) is 26.5. The first kappa shape index (κ1) is 17.3. The van der Waals surface area contributed by atoms with E-state index in [-0.39, 0.29) is 23.8 Å². The van der Waals surface area contributed by atoms with Crippen LogP contribution in [0.3, 0.4) is 0 Å². The molecule has 2 amide bonds. The van der Waals surface area contributed by atoms with Gasteiger partial charge in [0.2, 0.25) is 5.91 Å². The van der Waals surface area contributed by atoms with Gasteiger partial charge in [0, 0.05) is 32.7 Å². The van der Waals surface area contributed by atoms with Crippen molar-refractivity contribution in [2.24, 2.45) is 5.92 Å². The predicted octanol–water partition coefficient (Wildman–Crippen LogP) is 2.10. The van der Waals surface area contributed by atoms with Crippen molar-refractivity contribution < 1.29 is 14.3 Å². The van der Waals surface area contributed by atoms with Gasteiger partial charge in [-0.15, -0.1) is 0 Å². The van der Waals surface area contributed by atoms with Crippen LogP contribution in [-0.4, -0.2) is 49.1 Å². The smallest absolute Gasteiger partial charge is 0.252 e. The third kappa shape index (κ3) is 3.80. The molecule has 0 radical (unpaired) electrons. The largest absolute Gasteiger partial charge is 0.365 e. The fourth-order valence-corrected chi connectivity index (χ4v) is 3.89. The molecule has 0 aromatic heterocycles. The molecular formula is C17H30N2O3. The van der Waals surface area contributed by atoms with Crippen LogP contribution in [0.1, 0.15) is 58.3 Å². The van der Waals surface area contributed by atoms with Crippen molar-refractivity contribution in [2.45, 2.75) is 69.9 Å². The number of nitrogens with zero attached hydrogens (tertiary/aromatic N) is 1. The zero-order valence-electron chi connectivity index (χ0n) is 14.2. The molecule has 0 aromatic carbocycles. The Hall–Kier alpha value is -1.10. The number of nitrogens with one attached hydrogen (secondary N) is 1. The molecule has 2 fully saturated rings. The zero-order chi connectivity index (χ0) is 16.2. The molecular weight excluding hydrogens is 280 g/mol. The molecule has 2 atom stereocenters. The summed E-state index contributed by atoms with van der Waals surface area (Å²) in [6.07, 6.45) is 7.39. The highest BCUT2D eigenvalue weighted by Crippen LogP contribution is 2.34. The van der Waals surface area contributed by atoms with Gasteiger partial charge < -0.3 is 15.0 Å². The van der Waals surface area contributed by atoms with Crippen LogP contribution in [0.2, 0.25) is 0 Å². The average Bonchev–Trinajstić information content (AvgIpc) is 2.97. The van der Waals surface area contributed by atoms with Gasteiger partial charge in [0.1, 0.15) is 5.60 Å². The van der Waals surface area contributed by atoms with Crippen LogP contribution in [0.15, 0.2) is 0 Å². The lowest BCUT2D eigenvalue weighted by Gasteiger charge is -2.34. The molecule has 1 N–H and O–H groups in total. The molecule has 2 rings (SSSR count). The number of carbonyl (C=O) groups excluding carboxylic acids is 2. The van der Waals surface area contributed by atoms with E-state index < -0.39 is 5.60 Å². The Morgan fingerprint density at radius 3 is 2.45 bits per heavy atom. The molecule has 2 saturated carbocycles. The summed E-state index contributed by atoms with van der Waals surface area (Å²) in [5.41, 5.74) is -0.618. The Bertz CT molecular complexity index is 403. The minimum Gasteiger partial charge on any atom is -0.365 e. The van der Waals surface area contributed by atoms with E-state index in [1.165, 1.54) is 0 Å². The van der Waals surface area contributed by atoms with Gasteiger partial charge in [-0.05, 0) is 51.9 Å². The monoisotopic (exact) mass is 310 g/mol. The minimum atomic E-state index is -0.618. The third-order valence-electron chi connectivity index (χ3n) is 5.05. The Morgan fingerprint density at radius 1 is 1.18 bits per heavy atom. The third-order valence-corrected chi connectivity index (χ3v) is 5.05. The van der Waals surface area contributed by atoms with E-state index >= 15 is 0 Å². The highest BCUT2D eigenvalue weighted by atomic mass is 16.5. The maximum Gasteiger partial charge on any atom is 0.252 e. The van der Waals surface area contributed by atoms with Gasteiger partial charge in [0.05, 0.1) is 0 Å². The second-order valence-electron chi connectivity index (χ2n) is 6.90. The second-order valence-corrected chi connectivity index (χ2v) is 6.90.